The number of imide groups is 1. The van der Waals surface area contributed by atoms with E-state index in [0.29, 0.717) is 5.56 Å². The van der Waals surface area contributed by atoms with Crippen molar-refractivity contribution in [1.29, 1.82) is 0 Å². The van der Waals surface area contributed by atoms with Crippen LogP contribution in [0.3, 0.4) is 0 Å². The van der Waals surface area contributed by atoms with E-state index in [1.54, 1.807) is 6.07 Å². The molecule has 0 unspecified atom stereocenters. The molecule has 1 fully saturated rings. The summed E-state index contributed by atoms with van der Waals surface area (Å²) in [6, 6.07) is 7.79. The van der Waals surface area contributed by atoms with Gasteiger partial charge in [-0.2, -0.15) is 0 Å². The van der Waals surface area contributed by atoms with Crippen molar-refractivity contribution in [3.63, 3.8) is 0 Å². The smallest absolute Gasteiger partial charge is 0.319 e. The van der Waals surface area contributed by atoms with E-state index in [1.165, 1.54) is 18.2 Å². The molecule has 1 spiro atoms. The molecule has 4 rings (SSSR count). The first kappa shape index (κ1) is 17.6. The standard InChI is InChI=1S/C18H14F2N2O4S/c19-12-3-1-2-11(8-12)10-22-16(23)18(21-17(22)24)6-7-27(25,26)15-5-4-13(20)9-14(15)18/h1-5,8-9H,6-7,10H2,(H,21,24)/t18-/m1/s1. The lowest BCUT2D eigenvalue weighted by Gasteiger charge is -2.33. The first-order valence-corrected chi connectivity index (χ1v) is 9.79. The Labute approximate surface area is 153 Å². The summed E-state index contributed by atoms with van der Waals surface area (Å²) in [6.07, 6.45) is -0.198. The quantitative estimate of drug-likeness (QED) is 0.627. The molecular formula is C18H14F2N2O4S. The van der Waals surface area contributed by atoms with Crippen molar-refractivity contribution in [2.45, 2.75) is 23.4 Å². The third kappa shape index (κ3) is 2.69. The maximum absolute atomic E-state index is 13.8. The van der Waals surface area contributed by atoms with Crippen LogP contribution in [0.25, 0.3) is 0 Å². The van der Waals surface area contributed by atoms with Crippen molar-refractivity contribution in [3.8, 4) is 0 Å². The van der Waals surface area contributed by atoms with Crippen LogP contribution in [0.2, 0.25) is 0 Å². The maximum atomic E-state index is 13.8. The van der Waals surface area contributed by atoms with Gasteiger partial charge in [-0.05, 0) is 42.3 Å². The number of benzene rings is 2. The SMILES string of the molecule is O=C1N[C@@]2(CCS(=O)(=O)c3ccc(F)cc32)C(=O)N1Cc1cccc(F)c1. The van der Waals surface area contributed by atoms with Crippen molar-refractivity contribution in [3.05, 3.63) is 65.2 Å². The molecule has 0 saturated carbocycles. The molecule has 1 N–H and O–H groups in total. The Morgan fingerprint density at radius 1 is 1.07 bits per heavy atom. The van der Waals surface area contributed by atoms with E-state index in [0.717, 1.165) is 23.1 Å². The number of urea groups is 1. The molecule has 1 atom stereocenters. The molecule has 0 aromatic heterocycles. The molecule has 0 radical (unpaired) electrons. The number of hydrogen-bond donors (Lipinski definition) is 1. The van der Waals surface area contributed by atoms with E-state index < -0.39 is 38.9 Å². The fourth-order valence-electron chi connectivity index (χ4n) is 3.58. The van der Waals surface area contributed by atoms with E-state index in [1.807, 2.05) is 0 Å². The van der Waals surface area contributed by atoms with Crippen molar-refractivity contribution >= 4 is 21.8 Å². The molecule has 2 aromatic rings. The van der Waals surface area contributed by atoms with Gasteiger partial charge in [0.1, 0.15) is 17.2 Å². The first-order chi connectivity index (χ1) is 12.7. The predicted molar refractivity (Wildman–Crippen MR) is 90.2 cm³/mol. The second-order valence-corrected chi connectivity index (χ2v) is 8.64. The third-order valence-corrected chi connectivity index (χ3v) is 6.66. The highest BCUT2D eigenvalue weighted by Gasteiger charge is 2.56. The van der Waals surface area contributed by atoms with Crippen molar-refractivity contribution < 1.29 is 26.8 Å². The Hall–Kier alpha value is -2.81. The van der Waals surface area contributed by atoms with Gasteiger partial charge in [0, 0.05) is 5.56 Å². The molecular weight excluding hydrogens is 378 g/mol. The Kier molecular flexibility index (Phi) is 3.81. The first-order valence-electron chi connectivity index (χ1n) is 8.14. The highest BCUT2D eigenvalue weighted by molar-refractivity contribution is 7.91. The zero-order valence-corrected chi connectivity index (χ0v) is 14.7. The highest BCUT2D eigenvalue weighted by Crippen LogP contribution is 2.41. The zero-order chi connectivity index (χ0) is 19.4. The molecule has 2 aliphatic rings. The summed E-state index contributed by atoms with van der Waals surface area (Å²) in [7, 11) is -3.68. The van der Waals surface area contributed by atoms with Crippen molar-refractivity contribution in [1.82, 2.24) is 10.2 Å². The normalized spacial score (nSPS) is 23.4. The fourth-order valence-corrected chi connectivity index (χ4v) is 5.22. The summed E-state index contributed by atoms with van der Waals surface area (Å²) < 4.78 is 51.9. The molecule has 6 nitrogen and oxygen atoms in total. The highest BCUT2D eigenvalue weighted by atomic mass is 32.2. The number of carbonyl (C=O) groups is 2. The van der Waals surface area contributed by atoms with Gasteiger partial charge in [0.15, 0.2) is 9.84 Å². The second kappa shape index (κ2) is 5.85. The summed E-state index contributed by atoms with van der Waals surface area (Å²) in [5, 5.41) is 2.54. The van der Waals surface area contributed by atoms with Gasteiger partial charge in [-0.15, -0.1) is 0 Å². The average molecular weight is 392 g/mol. The van der Waals surface area contributed by atoms with Crippen molar-refractivity contribution in [2.75, 3.05) is 5.75 Å². The van der Waals surface area contributed by atoms with Crippen LogP contribution in [-0.4, -0.2) is 31.0 Å². The molecule has 140 valence electrons. The minimum Gasteiger partial charge on any atom is -0.319 e. The summed E-state index contributed by atoms with van der Waals surface area (Å²) in [5.74, 6) is -2.26. The lowest BCUT2D eigenvalue weighted by atomic mass is 9.86. The largest absolute Gasteiger partial charge is 0.325 e. The number of rotatable bonds is 2. The number of hydrogen-bond acceptors (Lipinski definition) is 4. The van der Waals surface area contributed by atoms with Gasteiger partial charge in [0.2, 0.25) is 0 Å². The van der Waals surface area contributed by atoms with Gasteiger partial charge in [-0.1, -0.05) is 12.1 Å². The molecule has 1 saturated heterocycles. The minimum absolute atomic E-state index is 0.0751. The van der Waals surface area contributed by atoms with Crippen LogP contribution in [-0.2, 0) is 26.7 Å². The number of nitrogens with one attached hydrogen (secondary N) is 1. The fraction of sp³-hybridized carbons (Fsp3) is 0.222. The van der Waals surface area contributed by atoms with Gasteiger partial charge in [-0.25, -0.2) is 22.0 Å². The van der Waals surface area contributed by atoms with Crippen LogP contribution in [0.15, 0.2) is 47.4 Å². The number of carbonyl (C=O) groups excluding carboxylic acids is 2. The number of halogens is 2. The Bertz CT molecular complexity index is 1090. The monoisotopic (exact) mass is 392 g/mol. The van der Waals surface area contributed by atoms with Gasteiger partial charge in [0.05, 0.1) is 17.2 Å². The van der Waals surface area contributed by atoms with E-state index in [9.17, 15) is 26.8 Å². The van der Waals surface area contributed by atoms with Crippen molar-refractivity contribution in [2.24, 2.45) is 0 Å². The van der Waals surface area contributed by atoms with Crippen LogP contribution in [0.5, 0.6) is 0 Å². The topological polar surface area (TPSA) is 83.5 Å². The van der Waals surface area contributed by atoms with Gasteiger partial charge in [-0.3, -0.25) is 9.69 Å². The molecule has 2 aromatic carbocycles. The Morgan fingerprint density at radius 2 is 1.81 bits per heavy atom. The molecule has 27 heavy (non-hydrogen) atoms. The number of amides is 3. The Balaban J connectivity index is 1.78. The van der Waals surface area contributed by atoms with Crippen LogP contribution >= 0.6 is 0 Å². The molecule has 9 heteroatoms. The third-order valence-electron chi connectivity index (χ3n) is 4.89. The maximum Gasteiger partial charge on any atom is 0.325 e. The van der Waals surface area contributed by atoms with E-state index in [4.69, 9.17) is 0 Å². The van der Waals surface area contributed by atoms with Crippen LogP contribution < -0.4 is 5.32 Å². The molecule has 0 bridgehead atoms. The van der Waals surface area contributed by atoms with Gasteiger partial charge >= 0.3 is 6.03 Å². The average Bonchev–Trinajstić information content (AvgIpc) is 2.84. The number of nitrogens with zero attached hydrogens (tertiary/aromatic N) is 1. The van der Waals surface area contributed by atoms with Crippen LogP contribution in [0.4, 0.5) is 13.6 Å². The lowest BCUT2D eigenvalue weighted by Crippen LogP contribution is -2.48. The predicted octanol–water partition coefficient (Wildman–Crippen LogP) is 2.09. The molecule has 2 heterocycles. The summed E-state index contributed by atoms with van der Waals surface area (Å²) in [5.41, 5.74) is -1.32. The Morgan fingerprint density at radius 3 is 2.56 bits per heavy atom. The number of sulfone groups is 1. The molecule has 0 aliphatic carbocycles. The zero-order valence-electron chi connectivity index (χ0n) is 13.9. The molecule has 2 aliphatic heterocycles. The second-order valence-electron chi connectivity index (χ2n) is 6.57. The molecule has 3 amide bonds. The summed E-state index contributed by atoms with van der Waals surface area (Å²) in [6.45, 7) is -0.179. The summed E-state index contributed by atoms with van der Waals surface area (Å²) in [4.78, 5) is 26.3. The van der Waals surface area contributed by atoms with Gasteiger partial charge in [0.25, 0.3) is 5.91 Å². The van der Waals surface area contributed by atoms with E-state index in [-0.39, 0.29) is 29.2 Å². The van der Waals surface area contributed by atoms with Crippen LogP contribution in [0, 0.1) is 11.6 Å². The van der Waals surface area contributed by atoms with Crippen LogP contribution in [0.1, 0.15) is 17.5 Å². The minimum atomic E-state index is -3.68. The lowest BCUT2D eigenvalue weighted by molar-refractivity contribution is -0.132. The van der Waals surface area contributed by atoms with E-state index >= 15 is 0 Å². The van der Waals surface area contributed by atoms with Gasteiger partial charge < -0.3 is 5.32 Å². The van der Waals surface area contributed by atoms with E-state index in [2.05, 4.69) is 5.32 Å². The number of fused-ring (bicyclic) bond motifs is 2. The summed E-state index contributed by atoms with van der Waals surface area (Å²) >= 11 is 0.